The van der Waals surface area contributed by atoms with E-state index in [1.54, 1.807) is 48.5 Å². The van der Waals surface area contributed by atoms with Gasteiger partial charge >= 0.3 is 0 Å². The van der Waals surface area contributed by atoms with Crippen LogP contribution in [-0.4, -0.2) is 26.9 Å². The maximum atomic E-state index is 14.1. The van der Waals surface area contributed by atoms with Crippen LogP contribution in [0.2, 0.25) is 0 Å². The SMILES string of the molecule is COc1cc(C#N)ccc1Oc1ccc2nnc(-c3ccccc3F)n2n1. The minimum atomic E-state index is -0.423. The van der Waals surface area contributed by atoms with Crippen molar-refractivity contribution in [2.75, 3.05) is 7.11 Å². The Morgan fingerprint density at radius 2 is 1.89 bits per heavy atom. The molecule has 0 saturated carbocycles. The fourth-order valence-corrected chi connectivity index (χ4v) is 2.57. The van der Waals surface area contributed by atoms with Crippen molar-refractivity contribution in [1.29, 1.82) is 5.26 Å². The molecule has 7 nitrogen and oxygen atoms in total. The highest BCUT2D eigenvalue weighted by Gasteiger charge is 2.15. The maximum Gasteiger partial charge on any atom is 0.237 e. The third-order valence-corrected chi connectivity index (χ3v) is 3.86. The summed E-state index contributed by atoms with van der Waals surface area (Å²) in [6.45, 7) is 0. The number of methoxy groups -OCH3 is 1. The highest BCUT2D eigenvalue weighted by Crippen LogP contribution is 2.31. The van der Waals surface area contributed by atoms with Crippen LogP contribution in [0.25, 0.3) is 17.0 Å². The molecule has 0 amide bonds. The standard InChI is InChI=1S/C19H12FN5O2/c1-26-16-10-12(11-21)6-7-15(16)27-18-9-8-17-22-23-19(25(17)24-18)13-4-2-3-5-14(13)20/h2-10H,1H3. The van der Waals surface area contributed by atoms with Gasteiger partial charge in [0, 0.05) is 12.1 Å². The van der Waals surface area contributed by atoms with Crippen LogP contribution in [0, 0.1) is 17.1 Å². The Bertz CT molecular complexity index is 1180. The lowest BCUT2D eigenvalue weighted by Crippen LogP contribution is -1.99. The number of ether oxygens (including phenoxy) is 2. The van der Waals surface area contributed by atoms with Crippen LogP contribution in [0.4, 0.5) is 4.39 Å². The van der Waals surface area contributed by atoms with Gasteiger partial charge < -0.3 is 9.47 Å². The van der Waals surface area contributed by atoms with Gasteiger partial charge in [-0.15, -0.1) is 15.3 Å². The molecule has 0 bridgehead atoms. The molecule has 132 valence electrons. The highest BCUT2D eigenvalue weighted by atomic mass is 19.1. The summed E-state index contributed by atoms with van der Waals surface area (Å²) in [5, 5.41) is 21.4. The van der Waals surface area contributed by atoms with Crippen LogP contribution in [0.3, 0.4) is 0 Å². The fourth-order valence-electron chi connectivity index (χ4n) is 2.57. The predicted octanol–water partition coefficient (Wildman–Crippen LogP) is 3.60. The van der Waals surface area contributed by atoms with Gasteiger partial charge in [0.1, 0.15) is 5.82 Å². The minimum Gasteiger partial charge on any atom is -0.493 e. The van der Waals surface area contributed by atoms with Crippen molar-refractivity contribution in [3.63, 3.8) is 0 Å². The largest absolute Gasteiger partial charge is 0.493 e. The van der Waals surface area contributed by atoms with Crippen molar-refractivity contribution < 1.29 is 13.9 Å². The van der Waals surface area contributed by atoms with Gasteiger partial charge in [0.2, 0.25) is 5.88 Å². The van der Waals surface area contributed by atoms with E-state index >= 15 is 0 Å². The number of fused-ring (bicyclic) bond motifs is 1. The van der Waals surface area contributed by atoms with E-state index < -0.39 is 5.82 Å². The molecule has 2 aromatic carbocycles. The Hall–Kier alpha value is -3.99. The molecule has 0 spiro atoms. The molecule has 0 aliphatic heterocycles. The monoisotopic (exact) mass is 361 g/mol. The van der Waals surface area contributed by atoms with E-state index in [1.165, 1.54) is 17.7 Å². The lowest BCUT2D eigenvalue weighted by Gasteiger charge is -2.10. The van der Waals surface area contributed by atoms with Crippen molar-refractivity contribution in [2.24, 2.45) is 0 Å². The predicted molar refractivity (Wildman–Crippen MR) is 94.0 cm³/mol. The quantitative estimate of drug-likeness (QED) is 0.552. The van der Waals surface area contributed by atoms with Gasteiger partial charge in [-0.2, -0.15) is 9.78 Å². The zero-order valence-corrected chi connectivity index (χ0v) is 14.1. The summed E-state index contributed by atoms with van der Waals surface area (Å²) in [6.07, 6.45) is 0. The van der Waals surface area contributed by atoms with Gasteiger partial charge in [-0.25, -0.2) is 4.39 Å². The summed E-state index contributed by atoms with van der Waals surface area (Å²) in [4.78, 5) is 0. The van der Waals surface area contributed by atoms with Gasteiger partial charge in [0.25, 0.3) is 0 Å². The third kappa shape index (κ3) is 3.02. The van der Waals surface area contributed by atoms with Crippen LogP contribution in [0.15, 0.2) is 54.6 Å². The molecule has 2 aromatic heterocycles. The molecule has 0 radical (unpaired) electrons. The van der Waals surface area contributed by atoms with Crippen molar-refractivity contribution in [2.45, 2.75) is 0 Å². The fraction of sp³-hybridized carbons (Fsp3) is 0.0526. The van der Waals surface area contributed by atoms with Gasteiger partial charge in [0.05, 0.1) is 24.3 Å². The average molecular weight is 361 g/mol. The normalized spacial score (nSPS) is 10.6. The summed E-state index contributed by atoms with van der Waals surface area (Å²) in [7, 11) is 1.48. The summed E-state index contributed by atoms with van der Waals surface area (Å²) in [5.41, 5.74) is 1.18. The number of hydrogen-bond donors (Lipinski definition) is 0. The second kappa shape index (κ2) is 6.72. The van der Waals surface area contributed by atoms with Crippen LogP contribution < -0.4 is 9.47 Å². The molecule has 0 unspecified atom stereocenters. The topological polar surface area (TPSA) is 85.3 Å². The molecule has 8 heteroatoms. The molecular formula is C19H12FN5O2. The average Bonchev–Trinajstić information content (AvgIpc) is 3.11. The Morgan fingerprint density at radius 1 is 1.04 bits per heavy atom. The van der Waals surface area contributed by atoms with Crippen molar-refractivity contribution >= 4 is 5.65 Å². The Balaban J connectivity index is 1.76. The van der Waals surface area contributed by atoms with Crippen LogP contribution in [0.5, 0.6) is 17.4 Å². The molecule has 4 aromatic rings. The number of hydrogen-bond acceptors (Lipinski definition) is 6. The van der Waals surface area contributed by atoms with Crippen molar-refractivity contribution in [3.05, 3.63) is 66.0 Å². The van der Waals surface area contributed by atoms with Crippen LogP contribution in [-0.2, 0) is 0 Å². The maximum absolute atomic E-state index is 14.1. The Labute approximate surface area is 153 Å². The number of aromatic nitrogens is 4. The van der Waals surface area contributed by atoms with Gasteiger partial charge in [-0.3, -0.25) is 0 Å². The van der Waals surface area contributed by atoms with E-state index in [2.05, 4.69) is 15.3 Å². The summed E-state index contributed by atoms with van der Waals surface area (Å²) < 4.78 is 26.6. The smallest absolute Gasteiger partial charge is 0.237 e. The van der Waals surface area contributed by atoms with Crippen LogP contribution in [0.1, 0.15) is 5.56 Å². The van der Waals surface area contributed by atoms with Crippen molar-refractivity contribution in [3.8, 4) is 34.8 Å². The molecular weight excluding hydrogens is 349 g/mol. The second-order valence-electron chi connectivity index (χ2n) is 5.52. The molecule has 0 aliphatic carbocycles. The Morgan fingerprint density at radius 3 is 2.67 bits per heavy atom. The zero-order valence-electron chi connectivity index (χ0n) is 14.1. The minimum absolute atomic E-state index is 0.239. The summed E-state index contributed by atoms with van der Waals surface area (Å²) in [6, 6.07) is 16.4. The zero-order chi connectivity index (χ0) is 18.8. The molecule has 0 aliphatic rings. The Kier molecular flexibility index (Phi) is 4.10. The summed E-state index contributed by atoms with van der Waals surface area (Å²) >= 11 is 0. The first-order valence-electron chi connectivity index (χ1n) is 7.93. The first-order chi connectivity index (χ1) is 13.2. The van der Waals surface area contributed by atoms with Gasteiger partial charge in [-0.1, -0.05) is 12.1 Å². The van der Waals surface area contributed by atoms with E-state index in [-0.39, 0.29) is 17.3 Å². The first kappa shape index (κ1) is 16.5. The van der Waals surface area contributed by atoms with Crippen molar-refractivity contribution in [1.82, 2.24) is 19.8 Å². The molecule has 0 saturated heterocycles. The van der Waals surface area contributed by atoms with E-state index in [0.717, 1.165) is 0 Å². The number of nitriles is 1. The lowest BCUT2D eigenvalue weighted by molar-refractivity contribution is 0.371. The molecule has 0 N–H and O–H groups in total. The molecule has 27 heavy (non-hydrogen) atoms. The number of halogens is 1. The molecule has 2 heterocycles. The first-order valence-corrected chi connectivity index (χ1v) is 7.93. The number of rotatable bonds is 4. The van der Waals surface area contributed by atoms with E-state index in [9.17, 15) is 4.39 Å². The van der Waals surface area contributed by atoms with Gasteiger partial charge in [-0.05, 0) is 30.3 Å². The second-order valence-corrected chi connectivity index (χ2v) is 5.52. The van der Waals surface area contributed by atoms with E-state index in [4.69, 9.17) is 14.7 Å². The third-order valence-electron chi connectivity index (χ3n) is 3.86. The van der Waals surface area contributed by atoms with E-state index in [1.807, 2.05) is 6.07 Å². The lowest BCUT2D eigenvalue weighted by atomic mass is 10.2. The molecule has 4 rings (SSSR count). The highest BCUT2D eigenvalue weighted by molar-refractivity contribution is 5.59. The van der Waals surface area contributed by atoms with E-state index in [0.29, 0.717) is 22.7 Å². The number of nitrogens with zero attached hydrogens (tertiary/aromatic N) is 5. The van der Waals surface area contributed by atoms with Crippen LogP contribution >= 0.6 is 0 Å². The molecule has 0 fully saturated rings. The molecule has 0 atom stereocenters. The van der Waals surface area contributed by atoms with Gasteiger partial charge in [0.15, 0.2) is 23.0 Å². The summed E-state index contributed by atoms with van der Waals surface area (Å²) in [5.74, 6) is 0.870. The number of benzene rings is 2.